The van der Waals surface area contributed by atoms with Crippen LogP contribution in [0.25, 0.3) is 0 Å². The van der Waals surface area contributed by atoms with Gasteiger partial charge in [-0.05, 0) is 19.4 Å². The Bertz CT molecular complexity index is 252. The van der Waals surface area contributed by atoms with Crippen molar-refractivity contribution in [3.05, 3.63) is 0 Å². The summed E-state index contributed by atoms with van der Waals surface area (Å²) in [5, 5.41) is 0. The fourth-order valence-electron chi connectivity index (χ4n) is 1.47. The molecule has 0 aliphatic heterocycles. The highest BCUT2D eigenvalue weighted by Gasteiger charge is 2.17. The maximum absolute atomic E-state index is 11.8. The van der Waals surface area contributed by atoms with Gasteiger partial charge < -0.3 is 4.90 Å². The smallest absolute Gasteiger partial charge is 0.236 e. The van der Waals surface area contributed by atoms with Crippen LogP contribution in [-0.2, 0) is 9.59 Å². The maximum Gasteiger partial charge on any atom is 0.236 e. The molecule has 0 spiro atoms. The SMILES string of the molecule is CCCN(CC(=O)C(C)CC)CC(=O)N(C)C. The summed E-state index contributed by atoms with van der Waals surface area (Å²) in [5.41, 5.74) is 0. The van der Waals surface area contributed by atoms with Crippen LogP contribution in [0.4, 0.5) is 0 Å². The predicted molar refractivity (Wildman–Crippen MR) is 69.9 cm³/mol. The second kappa shape index (κ2) is 8.23. The summed E-state index contributed by atoms with van der Waals surface area (Å²) < 4.78 is 0. The monoisotopic (exact) mass is 242 g/mol. The van der Waals surface area contributed by atoms with E-state index >= 15 is 0 Å². The molecule has 0 aromatic heterocycles. The molecule has 0 aliphatic carbocycles. The zero-order chi connectivity index (χ0) is 13.4. The van der Waals surface area contributed by atoms with Gasteiger partial charge in [0.05, 0.1) is 13.1 Å². The molecule has 0 saturated carbocycles. The first-order chi connectivity index (χ1) is 7.92. The minimum absolute atomic E-state index is 0.0513. The van der Waals surface area contributed by atoms with Crippen LogP contribution in [0.1, 0.15) is 33.6 Å². The quantitative estimate of drug-likeness (QED) is 0.646. The van der Waals surface area contributed by atoms with Gasteiger partial charge in [-0.2, -0.15) is 0 Å². The van der Waals surface area contributed by atoms with Gasteiger partial charge >= 0.3 is 0 Å². The summed E-state index contributed by atoms with van der Waals surface area (Å²) in [6.45, 7) is 7.53. The van der Waals surface area contributed by atoms with Crippen molar-refractivity contribution in [2.45, 2.75) is 33.6 Å². The summed E-state index contributed by atoms with van der Waals surface area (Å²) in [7, 11) is 3.48. The number of hydrogen-bond donors (Lipinski definition) is 0. The van der Waals surface area contributed by atoms with E-state index in [4.69, 9.17) is 0 Å². The van der Waals surface area contributed by atoms with Crippen molar-refractivity contribution in [2.75, 3.05) is 33.7 Å². The number of carbonyl (C=O) groups is 2. The van der Waals surface area contributed by atoms with E-state index in [9.17, 15) is 9.59 Å². The zero-order valence-corrected chi connectivity index (χ0v) is 11.8. The zero-order valence-electron chi connectivity index (χ0n) is 11.8. The number of rotatable bonds is 8. The third-order valence-electron chi connectivity index (χ3n) is 2.94. The van der Waals surface area contributed by atoms with Crippen LogP contribution in [0, 0.1) is 5.92 Å². The molecular weight excluding hydrogens is 216 g/mol. The Balaban J connectivity index is 4.33. The summed E-state index contributed by atoms with van der Waals surface area (Å²) in [4.78, 5) is 27.0. The summed E-state index contributed by atoms with van der Waals surface area (Å²) in [5.74, 6) is 0.367. The molecule has 1 unspecified atom stereocenters. The van der Waals surface area contributed by atoms with Crippen LogP contribution < -0.4 is 0 Å². The van der Waals surface area contributed by atoms with Gasteiger partial charge in [-0.1, -0.05) is 20.8 Å². The second-order valence-electron chi connectivity index (χ2n) is 4.77. The Morgan fingerprint density at radius 3 is 2.12 bits per heavy atom. The van der Waals surface area contributed by atoms with Crippen molar-refractivity contribution in [3.63, 3.8) is 0 Å². The number of nitrogens with zero attached hydrogens (tertiary/aromatic N) is 2. The lowest BCUT2D eigenvalue weighted by molar-refractivity contribution is -0.131. The minimum Gasteiger partial charge on any atom is -0.348 e. The first kappa shape index (κ1) is 16.1. The number of ketones is 1. The molecule has 0 rings (SSSR count). The molecule has 0 fully saturated rings. The number of likely N-dealkylation sites (N-methyl/N-ethyl adjacent to an activating group) is 1. The van der Waals surface area contributed by atoms with Crippen molar-refractivity contribution in [3.8, 4) is 0 Å². The summed E-state index contributed by atoms with van der Waals surface area (Å²) in [6, 6.07) is 0. The lowest BCUT2D eigenvalue weighted by atomic mass is 10.0. The van der Waals surface area contributed by atoms with E-state index in [0.29, 0.717) is 13.1 Å². The van der Waals surface area contributed by atoms with Crippen LogP contribution in [0.2, 0.25) is 0 Å². The molecule has 17 heavy (non-hydrogen) atoms. The Hall–Kier alpha value is -0.900. The molecule has 0 aliphatic rings. The number of hydrogen-bond acceptors (Lipinski definition) is 3. The average Bonchev–Trinajstić information content (AvgIpc) is 2.27. The minimum atomic E-state index is 0.0513. The lowest BCUT2D eigenvalue weighted by Crippen LogP contribution is -2.40. The lowest BCUT2D eigenvalue weighted by Gasteiger charge is -2.23. The fraction of sp³-hybridized carbons (Fsp3) is 0.846. The standard InChI is InChI=1S/C13H26N2O2/c1-6-8-15(10-13(17)14(4)5)9-12(16)11(3)7-2/h11H,6-10H2,1-5H3. The van der Waals surface area contributed by atoms with Crippen molar-refractivity contribution in [1.29, 1.82) is 0 Å². The van der Waals surface area contributed by atoms with E-state index in [1.807, 2.05) is 18.7 Å². The summed E-state index contributed by atoms with van der Waals surface area (Å²) >= 11 is 0. The first-order valence-electron chi connectivity index (χ1n) is 6.37. The molecular formula is C13H26N2O2. The van der Waals surface area contributed by atoms with Gasteiger partial charge in [0.1, 0.15) is 5.78 Å². The van der Waals surface area contributed by atoms with Crippen LogP contribution in [0.3, 0.4) is 0 Å². The predicted octanol–water partition coefficient (Wildman–Crippen LogP) is 1.40. The highest BCUT2D eigenvalue weighted by Crippen LogP contribution is 2.04. The highest BCUT2D eigenvalue weighted by atomic mass is 16.2. The molecule has 0 heterocycles. The van der Waals surface area contributed by atoms with Gasteiger partial charge in [-0.25, -0.2) is 0 Å². The van der Waals surface area contributed by atoms with E-state index in [1.54, 1.807) is 19.0 Å². The van der Waals surface area contributed by atoms with Crippen molar-refractivity contribution in [2.24, 2.45) is 5.92 Å². The van der Waals surface area contributed by atoms with Crippen LogP contribution in [0.15, 0.2) is 0 Å². The largest absolute Gasteiger partial charge is 0.348 e. The number of carbonyl (C=O) groups excluding carboxylic acids is 2. The molecule has 4 nitrogen and oxygen atoms in total. The molecule has 0 aromatic carbocycles. The fourth-order valence-corrected chi connectivity index (χ4v) is 1.47. The van der Waals surface area contributed by atoms with Gasteiger partial charge in [0.2, 0.25) is 5.91 Å². The topological polar surface area (TPSA) is 40.6 Å². The molecule has 100 valence electrons. The second-order valence-corrected chi connectivity index (χ2v) is 4.77. The third-order valence-corrected chi connectivity index (χ3v) is 2.94. The molecule has 0 aromatic rings. The molecule has 1 amide bonds. The van der Waals surface area contributed by atoms with Crippen LogP contribution in [0.5, 0.6) is 0 Å². The van der Waals surface area contributed by atoms with E-state index in [2.05, 4.69) is 6.92 Å². The van der Waals surface area contributed by atoms with Crippen molar-refractivity contribution in [1.82, 2.24) is 9.80 Å². The van der Waals surface area contributed by atoms with Gasteiger partial charge in [-0.3, -0.25) is 14.5 Å². The van der Waals surface area contributed by atoms with E-state index in [-0.39, 0.29) is 17.6 Å². The van der Waals surface area contributed by atoms with Gasteiger partial charge in [0.15, 0.2) is 0 Å². The average molecular weight is 242 g/mol. The molecule has 4 heteroatoms. The highest BCUT2D eigenvalue weighted by molar-refractivity contribution is 5.83. The third kappa shape index (κ3) is 6.41. The van der Waals surface area contributed by atoms with Gasteiger partial charge in [0, 0.05) is 20.0 Å². The molecule has 0 bridgehead atoms. The van der Waals surface area contributed by atoms with Gasteiger partial charge in [-0.15, -0.1) is 0 Å². The Labute approximate surface area is 105 Å². The van der Waals surface area contributed by atoms with Crippen LogP contribution in [-0.4, -0.2) is 55.2 Å². The Kier molecular flexibility index (Phi) is 7.79. The Morgan fingerprint density at radius 2 is 1.71 bits per heavy atom. The van der Waals surface area contributed by atoms with E-state index in [0.717, 1.165) is 19.4 Å². The summed E-state index contributed by atoms with van der Waals surface area (Å²) in [6.07, 6.45) is 1.81. The molecule has 0 saturated heterocycles. The molecule has 0 N–H and O–H groups in total. The van der Waals surface area contributed by atoms with Gasteiger partial charge in [0.25, 0.3) is 0 Å². The molecule has 0 radical (unpaired) electrons. The normalized spacial score (nSPS) is 12.6. The van der Waals surface area contributed by atoms with Crippen LogP contribution >= 0.6 is 0 Å². The number of amides is 1. The Morgan fingerprint density at radius 1 is 1.12 bits per heavy atom. The van der Waals surface area contributed by atoms with Crippen molar-refractivity contribution >= 4 is 11.7 Å². The molecule has 1 atom stereocenters. The number of Topliss-reactive ketones (excluding diaryl/α,β-unsaturated/α-hetero) is 1. The maximum atomic E-state index is 11.8. The van der Waals surface area contributed by atoms with E-state index < -0.39 is 0 Å². The van der Waals surface area contributed by atoms with Crippen molar-refractivity contribution < 1.29 is 9.59 Å². The first-order valence-corrected chi connectivity index (χ1v) is 6.37. The van der Waals surface area contributed by atoms with E-state index in [1.165, 1.54) is 0 Å².